The van der Waals surface area contributed by atoms with Crippen LogP contribution >= 0.6 is 0 Å². The van der Waals surface area contributed by atoms with E-state index in [-0.39, 0.29) is 4.90 Å². The zero-order valence-electron chi connectivity index (χ0n) is 13.0. The van der Waals surface area contributed by atoms with Crippen molar-refractivity contribution in [2.75, 3.05) is 32.7 Å². The maximum atomic E-state index is 13.3. The minimum atomic E-state index is -3.82. The van der Waals surface area contributed by atoms with Gasteiger partial charge in [-0.1, -0.05) is 0 Å². The quantitative estimate of drug-likeness (QED) is 0.842. The Balaban J connectivity index is 1.63. The number of hydrogen-bond donors (Lipinski definition) is 0. The molecule has 0 unspecified atom stereocenters. The lowest BCUT2D eigenvalue weighted by Gasteiger charge is -2.33. The number of likely N-dealkylation sites (tertiary alicyclic amines) is 1. The van der Waals surface area contributed by atoms with E-state index in [4.69, 9.17) is 0 Å². The summed E-state index contributed by atoms with van der Waals surface area (Å²) in [6, 6.07) is 2.45. The standard InChI is InChI=1S/C16H22F2N2O2S/c17-14-9-15(18)11-16(10-14)23(21,22)20-7-3-13(4-8-20)12-19-5-1-2-6-19/h9-11,13H,1-8,12H2. The lowest BCUT2D eigenvalue weighted by molar-refractivity contribution is 0.206. The first-order chi connectivity index (χ1) is 10.9. The van der Waals surface area contributed by atoms with Gasteiger partial charge in [-0.3, -0.25) is 0 Å². The third-order valence-electron chi connectivity index (χ3n) is 4.76. The third-order valence-corrected chi connectivity index (χ3v) is 6.64. The van der Waals surface area contributed by atoms with Crippen molar-refractivity contribution in [1.82, 2.24) is 9.21 Å². The molecule has 0 atom stereocenters. The fourth-order valence-corrected chi connectivity index (χ4v) is 5.00. The molecule has 2 fully saturated rings. The Kier molecular flexibility index (Phi) is 4.98. The Bertz CT molecular complexity index is 632. The van der Waals surface area contributed by atoms with E-state index in [0.29, 0.717) is 25.1 Å². The van der Waals surface area contributed by atoms with Crippen molar-refractivity contribution >= 4 is 10.0 Å². The maximum absolute atomic E-state index is 13.3. The summed E-state index contributed by atoms with van der Waals surface area (Å²) in [5, 5.41) is 0. The van der Waals surface area contributed by atoms with Gasteiger partial charge in [0.05, 0.1) is 4.90 Å². The highest BCUT2D eigenvalue weighted by molar-refractivity contribution is 7.89. The Hall–Kier alpha value is -1.05. The molecule has 2 aliphatic rings. The lowest BCUT2D eigenvalue weighted by Crippen LogP contribution is -2.41. The van der Waals surface area contributed by atoms with Gasteiger partial charge in [0.25, 0.3) is 0 Å². The molecule has 3 rings (SSSR count). The molecule has 128 valence electrons. The first kappa shape index (κ1) is 16.8. The number of halogens is 2. The van der Waals surface area contributed by atoms with Crippen molar-refractivity contribution in [3.8, 4) is 0 Å². The Morgan fingerprint density at radius 3 is 2.09 bits per heavy atom. The fraction of sp³-hybridized carbons (Fsp3) is 0.625. The van der Waals surface area contributed by atoms with Crippen molar-refractivity contribution in [1.29, 1.82) is 0 Å². The van der Waals surface area contributed by atoms with Crippen LogP contribution in [-0.2, 0) is 10.0 Å². The van der Waals surface area contributed by atoms with E-state index in [1.807, 2.05) is 0 Å². The van der Waals surface area contributed by atoms with E-state index < -0.39 is 21.7 Å². The first-order valence-electron chi connectivity index (χ1n) is 8.14. The molecule has 1 aromatic carbocycles. The summed E-state index contributed by atoms with van der Waals surface area (Å²) in [7, 11) is -3.82. The van der Waals surface area contributed by atoms with E-state index in [1.54, 1.807) is 0 Å². The van der Waals surface area contributed by atoms with Crippen molar-refractivity contribution in [3.05, 3.63) is 29.8 Å². The lowest BCUT2D eigenvalue weighted by atomic mass is 9.98. The molecule has 0 aliphatic carbocycles. The van der Waals surface area contributed by atoms with Crippen LogP contribution in [0.25, 0.3) is 0 Å². The number of piperidine rings is 1. The summed E-state index contributed by atoms with van der Waals surface area (Å²) >= 11 is 0. The molecule has 2 heterocycles. The van der Waals surface area contributed by atoms with Gasteiger partial charge < -0.3 is 4.90 Å². The Morgan fingerprint density at radius 2 is 1.52 bits per heavy atom. The fourth-order valence-electron chi connectivity index (χ4n) is 3.49. The van der Waals surface area contributed by atoms with Crippen LogP contribution in [0.2, 0.25) is 0 Å². The summed E-state index contributed by atoms with van der Waals surface area (Å²) in [6.07, 6.45) is 4.10. The van der Waals surface area contributed by atoms with Crippen LogP contribution < -0.4 is 0 Å². The second-order valence-corrected chi connectivity index (χ2v) is 8.40. The monoisotopic (exact) mass is 344 g/mol. The molecule has 0 spiro atoms. The molecule has 7 heteroatoms. The molecule has 0 bridgehead atoms. The molecule has 2 aliphatic heterocycles. The summed E-state index contributed by atoms with van der Waals surface area (Å²) in [6.45, 7) is 4.14. The Morgan fingerprint density at radius 1 is 0.957 bits per heavy atom. The van der Waals surface area contributed by atoms with E-state index in [9.17, 15) is 17.2 Å². The van der Waals surface area contributed by atoms with Gasteiger partial charge >= 0.3 is 0 Å². The normalized spacial score (nSPS) is 21.8. The van der Waals surface area contributed by atoms with Crippen LogP contribution in [0.5, 0.6) is 0 Å². The highest BCUT2D eigenvalue weighted by Gasteiger charge is 2.31. The smallest absolute Gasteiger partial charge is 0.243 e. The van der Waals surface area contributed by atoms with Gasteiger partial charge in [-0.15, -0.1) is 0 Å². The molecule has 2 saturated heterocycles. The summed E-state index contributed by atoms with van der Waals surface area (Å²) in [5.74, 6) is -1.23. The average molecular weight is 344 g/mol. The van der Waals surface area contributed by atoms with E-state index in [1.165, 1.54) is 17.1 Å². The number of sulfonamides is 1. The van der Waals surface area contributed by atoms with Crippen LogP contribution in [0.3, 0.4) is 0 Å². The summed E-state index contributed by atoms with van der Waals surface area (Å²) in [5.41, 5.74) is 0. The van der Waals surface area contributed by atoms with Crippen LogP contribution in [0.1, 0.15) is 25.7 Å². The molecule has 23 heavy (non-hydrogen) atoms. The second kappa shape index (κ2) is 6.83. The van der Waals surface area contributed by atoms with E-state index in [0.717, 1.165) is 44.6 Å². The minimum Gasteiger partial charge on any atom is -0.303 e. The molecular weight excluding hydrogens is 322 g/mol. The Labute approximate surface area is 136 Å². The van der Waals surface area contributed by atoms with E-state index >= 15 is 0 Å². The molecular formula is C16H22F2N2O2S. The molecule has 0 amide bonds. The van der Waals surface area contributed by atoms with E-state index in [2.05, 4.69) is 4.90 Å². The van der Waals surface area contributed by atoms with Gasteiger partial charge in [0.2, 0.25) is 10.0 Å². The molecule has 0 saturated carbocycles. The van der Waals surface area contributed by atoms with Crippen molar-refractivity contribution in [2.24, 2.45) is 5.92 Å². The third kappa shape index (κ3) is 3.89. The predicted octanol–water partition coefficient (Wildman–Crippen LogP) is 2.46. The topological polar surface area (TPSA) is 40.6 Å². The van der Waals surface area contributed by atoms with Crippen LogP contribution in [0, 0.1) is 17.6 Å². The maximum Gasteiger partial charge on any atom is 0.243 e. The van der Waals surface area contributed by atoms with Crippen molar-refractivity contribution < 1.29 is 17.2 Å². The molecule has 0 aromatic heterocycles. The SMILES string of the molecule is O=S(=O)(c1cc(F)cc(F)c1)N1CCC(CN2CCCC2)CC1. The summed E-state index contributed by atoms with van der Waals surface area (Å²) < 4.78 is 53.0. The number of rotatable bonds is 4. The minimum absolute atomic E-state index is 0.298. The zero-order chi connectivity index (χ0) is 16.4. The predicted molar refractivity (Wildman–Crippen MR) is 83.5 cm³/mol. The first-order valence-corrected chi connectivity index (χ1v) is 9.58. The highest BCUT2D eigenvalue weighted by atomic mass is 32.2. The number of benzene rings is 1. The second-order valence-electron chi connectivity index (χ2n) is 6.46. The highest BCUT2D eigenvalue weighted by Crippen LogP contribution is 2.26. The largest absolute Gasteiger partial charge is 0.303 e. The van der Waals surface area contributed by atoms with Crippen LogP contribution in [0.4, 0.5) is 8.78 Å². The van der Waals surface area contributed by atoms with Crippen LogP contribution in [0.15, 0.2) is 23.1 Å². The van der Waals surface area contributed by atoms with Crippen molar-refractivity contribution in [2.45, 2.75) is 30.6 Å². The molecule has 0 N–H and O–H groups in total. The van der Waals surface area contributed by atoms with Gasteiger partial charge in [-0.25, -0.2) is 17.2 Å². The van der Waals surface area contributed by atoms with Crippen LogP contribution in [-0.4, -0.2) is 50.3 Å². The number of nitrogens with zero attached hydrogens (tertiary/aromatic N) is 2. The van der Waals surface area contributed by atoms with Gasteiger partial charge in [-0.05, 0) is 56.8 Å². The zero-order valence-corrected chi connectivity index (χ0v) is 13.9. The average Bonchev–Trinajstić information content (AvgIpc) is 3.00. The molecule has 0 radical (unpaired) electrons. The number of hydrogen-bond acceptors (Lipinski definition) is 3. The van der Waals surface area contributed by atoms with Gasteiger partial charge in [0.15, 0.2) is 0 Å². The molecule has 4 nitrogen and oxygen atoms in total. The van der Waals surface area contributed by atoms with Gasteiger partial charge in [0, 0.05) is 25.7 Å². The summed E-state index contributed by atoms with van der Waals surface area (Å²) in [4.78, 5) is 2.14. The van der Waals surface area contributed by atoms with Crippen molar-refractivity contribution in [3.63, 3.8) is 0 Å². The molecule has 1 aromatic rings. The van der Waals surface area contributed by atoms with Gasteiger partial charge in [-0.2, -0.15) is 4.31 Å². The van der Waals surface area contributed by atoms with Gasteiger partial charge in [0.1, 0.15) is 11.6 Å².